The Bertz CT molecular complexity index is 605. The molecule has 2 fully saturated rings. The molecule has 0 radical (unpaired) electrons. The lowest BCUT2D eigenvalue weighted by molar-refractivity contribution is 0.340. The summed E-state index contributed by atoms with van der Waals surface area (Å²) in [6.45, 7) is 5.29. The zero-order valence-corrected chi connectivity index (χ0v) is 12.3. The van der Waals surface area contributed by atoms with Crippen molar-refractivity contribution in [3.63, 3.8) is 0 Å². The first-order valence-electron chi connectivity index (χ1n) is 7.82. The van der Waals surface area contributed by atoms with Crippen molar-refractivity contribution in [3.05, 3.63) is 18.1 Å². The molecular weight excluding hydrogens is 266 g/mol. The number of fused-ring (bicyclic) bond motifs is 1. The molecule has 2 aromatic rings. The summed E-state index contributed by atoms with van der Waals surface area (Å²) in [7, 11) is 0. The van der Waals surface area contributed by atoms with Gasteiger partial charge < -0.3 is 14.6 Å². The second-order valence-corrected chi connectivity index (χ2v) is 5.96. The van der Waals surface area contributed by atoms with Gasteiger partial charge in [0.15, 0.2) is 5.82 Å². The largest absolute Gasteiger partial charge is 0.469 e. The van der Waals surface area contributed by atoms with E-state index in [-0.39, 0.29) is 0 Å². The summed E-state index contributed by atoms with van der Waals surface area (Å²) in [4.78, 5) is 6.96. The molecule has 6 nitrogen and oxygen atoms in total. The zero-order valence-electron chi connectivity index (χ0n) is 12.3. The molecule has 0 bridgehead atoms. The van der Waals surface area contributed by atoms with Crippen LogP contribution in [0.25, 0.3) is 11.4 Å². The fraction of sp³-hybridized carbons (Fsp3) is 0.600. The van der Waals surface area contributed by atoms with Gasteiger partial charge in [-0.1, -0.05) is 6.92 Å². The molecule has 0 amide bonds. The fourth-order valence-electron chi connectivity index (χ4n) is 3.55. The van der Waals surface area contributed by atoms with E-state index < -0.39 is 0 Å². The van der Waals surface area contributed by atoms with Crippen LogP contribution < -0.4 is 10.2 Å². The molecule has 21 heavy (non-hydrogen) atoms. The van der Waals surface area contributed by atoms with Gasteiger partial charge in [0.25, 0.3) is 0 Å². The highest BCUT2D eigenvalue weighted by atomic mass is 16.3. The van der Waals surface area contributed by atoms with Crippen molar-refractivity contribution < 1.29 is 4.42 Å². The molecule has 2 aliphatic rings. The maximum Gasteiger partial charge on any atom is 0.245 e. The molecular formula is C15H21N5O. The van der Waals surface area contributed by atoms with Crippen molar-refractivity contribution in [3.8, 4) is 11.4 Å². The molecule has 2 aliphatic heterocycles. The molecule has 0 aliphatic carbocycles. The minimum absolute atomic E-state index is 0.598. The molecule has 4 heterocycles. The molecule has 6 heteroatoms. The van der Waals surface area contributed by atoms with Gasteiger partial charge >= 0.3 is 0 Å². The first kappa shape index (κ1) is 12.9. The quantitative estimate of drug-likeness (QED) is 0.901. The number of nitrogens with one attached hydrogen (secondary N) is 2. The normalized spacial score (nSPS) is 25.3. The first-order chi connectivity index (χ1) is 10.3. The van der Waals surface area contributed by atoms with Crippen molar-refractivity contribution in [1.29, 1.82) is 0 Å². The van der Waals surface area contributed by atoms with E-state index in [0.29, 0.717) is 6.04 Å². The summed E-state index contributed by atoms with van der Waals surface area (Å²) in [5.74, 6) is 3.30. The van der Waals surface area contributed by atoms with Crippen LogP contribution in [0.5, 0.6) is 0 Å². The van der Waals surface area contributed by atoms with E-state index in [9.17, 15) is 0 Å². The van der Waals surface area contributed by atoms with Crippen LogP contribution >= 0.6 is 0 Å². The van der Waals surface area contributed by atoms with Crippen LogP contribution in [-0.2, 0) is 6.42 Å². The van der Waals surface area contributed by atoms with Crippen LogP contribution in [0.2, 0.25) is 0 Å². The van der Waals surface area contributed by atoms with Gasteiger partial charge in [0.05, 0.1) is 11.8 Å². The van der Waals surface area contributed by atoms with Crippen molar-refractivity contribution >= 4 is 5.95 Å². The average Bonchev–Trinajstić information content (AvgIpc) is 3.23. The van der Waals surface area contributed by atoms with Crippen molar-refractivity contribution in [1.82, 2.24) is 20.5 Å². The van der Waals surface area contributed by atoms with Crippen molar-refractivity contribution in [2.75, 3.05) is 24.5 Å². The highest BCUT2D eigenvalue weighted by Crippen LogP contribution is 2.29. The molecule has 0 spiro atoms. The zero-order chi connectivity index (χ0) is 14.2. The number of H-pyrrole nitrogens is 1. The monoisotopic (exact) mass is 287 g/mol. The van der Waals surface area contributed by atoms with E-state index in [4.69, 9.17) is 4.42 Å². The number of aryl methyl sites for hydroxylation is 1. The SMILES string of the molecule is CCc1occc1-c1nc(N2CC3CCCNC3C2)n[nH]1. The van der Waals surface area contributed by atoms with E-state index in [1.165, 1.54) is 12.8 Å². The van der Waals surface area contributed by atoms with E-state index in [2.05, 4.69) is 32.3 Å². The highest BCUT2D eigenvalue weighted by molar-refractivity contribution is 5.58. The Labute approximate surface area is 123 Å². The lowest BCUT2D eigenvalue weighted by Gasteiger charge is -2.24. The molecule has 2 aromatic heterocycles. The van der Waals surface area contributed by atoms with Gasteiger partial charge in [0.2, 0.25) is 5.95 Å². The molecule has 0 saturated carbocycles. The predicted octanol–water partition coefficient (Wildman–Crippen LogP) is 1.82. The number of nitrogens with zero attached hydrogens (tertiary/aromatic N) is 3. The number of hydrogen-bond acceptors (Lipinski definition) is 5. The van der Waals surface area contributed by atoms with Crippen LogP contribution in [0.1, 0.15) is 25.5 Å². The van der Waals surface area contributed by atoms with Gasteiger partial charge in [-0.15, -0.1) is 5.10 Å². The molecule has 0 aromatic carbocycles. The maximum atomic E-state index is 5.47. The Balaban J connectivity index is 1.55. The van der Waals surface area contributed by atoms with E-state index >= 15 is 0 Å². The molecule has 2 saturated heterocycles. The topological polar surface area (TPSA) is 70.0 Å². The van der Waals surface area contributed by atoms with Gasteiger partial charge in [-0.2, -0.15) is 4.98 Å². The average molecular weight is 287 g/mol. The summed E-state index contributed by atoms with van der Waals surface area (Å²) in [5.41, 5.74) is 1.02. The third-order valence-electron chi connectivity index (χ3n) is 4.68. The number of furan rings is 1. The summed E-state index contributed by atoms with van der Waals surface area (Å²) in [6.07, 6.45) is 5.16. The molecule has 2 atom stereocenters. The van der Waals surface area contributed by atoms with Gasteiger partial charge in [-0.3, -0.25) is 5.10 Å². The fourth-order valence-corrected chi connectivity index (χ4v) is 3.55. The number of piperidine rings is 1. The Morgan fingerprint density at radius 3 is 3.24 bits per heavy atom. The third-order valence-corrected chi connectivity index (χ3v) is 4.68. The first-order valence-corrected chi connectivity index (χ1v) is 7.82. The Kier molecular flexibility index (Phi) is 3.18. The lowest BCUT2D eigenvalue weighted by Crippen LogP contribution is -2.40. The van der Waals surface area contributed by atoms with E-state index in [0.717, 1.165) is 55.1 Å². The smallest absolute Gasteiger partial charge is 0.245 e. The number of hydrogen-bond donors (Lipinski definition) is 2. The standard InChI is InChI=1S/C15H21N5O/c1-2-13-11(5-7-21-13)14-17-15(19-18-14)20-8-10-4-3-6-16-12(10)9-20/h5,7,10,12,16H,2-4,6,8-9H2,1H3,(H,17,18,19). The van der Waals surface area contributed by atoms with Crippen molar-refractivity contribution in [2.45, 2.75) is 32.2 Å². The molecule has 2 N–H and O–H groups in total. The summed E-state index contributed by atoms with van der Waals surface area (Å²) in [6, 6.07) is 2.55. The van der Waals surface area contributed by atoms with Crippen LogP contribution in [0, 0.1) is 5.92 Å². The number of rotatable bonds is 3. The molecule has 4 rings (SSSR count). The lowest BCUT2D eigenvalue weighted by atomic mass is 9.94. The van der Waals surface area contributed by atoms with E-state index in [1.54, 1.807) is 6.26 Å². The maximum absolute atomic E-state index is 5.47. The highest BCUT2D eigenvalue weighted by Gasteiger charge is 2.35. The van der Waals surface area contributed by atoms with Gasteiger partial charge in [0.1, 0.15) is 5.76 Å². The van der Waals surface area contributed by atoms with Crippen LogP contribution in [0.3, 0.4) is 0 Å². The van der Waals surface area contributed by atoms with Crippen LogP contribution in [0.4, 0.5) is 5.95 Å². The number of anilines is 1. The van der Waals surface area contributed by atoms with Gasteiger partial charge in [0, 0.05) is 25.6 Å². The molecule has 112 valence electrons. The minimum Gasteiger partial charge on any atom is -0.469 e. The minimum atomic E-state index is 0.598. The second kappa shape index (κ2) is 5.18. The summed E-state index contributed by atoms with van der Waals surface area (Å²) >= 11 is 0. The summed E-state index contributed by atoms with van der Waals surface area (Å²) < 4.78 is 5.47. The third kappa shape index (κ3) is 2.23. The van der Waals surface area contributed by atoms with E-state index in [1.807, 2.05) is 6.07 Å². The van der Waals surface area contributed by atoms with Crippen molar-refractivity contribution in [2.24, 2.45) is 5.92 Å². The number of aromatic amines is 1. The second-order valence-electron chi connectivity index (χ2n) is 5.96. The predicted molar refractivity (Wildman–Crippen MR) is 80.2 cm³/mol. The van der Waals surface area contributed by atoms with Gasteiger partial charge in [-0.25, -0.2) is 0 Å². The Morgan fingerprint density at radius 1 is 1.43 bits per heavy atom. The van der Waals surface area contributed by atoms with Crippen LogP contribution in [0.15, 0.2) is 16.7 Å². The van der Waals surface area contributed by atoms with Crippen LogP contribution in [-0.4, -0.2) is 40.9 Å². The molecule has 2 unspecified atom stereocenters. The Morgan fingerprint density at radius 2 is 2.38 bits per heavy atom. The van der Waals surface area contributed by atoms with Gasteiger partial charge in [-0.05, 0) is 31.4 Å². The Hall–Kier alpha value is -1.82. The summed E-state index contributed by atoms with van der Waals surface area (Å²) in [5, 5.41) is 11.1. The number of aromatic nitrogens is 3.